The van der Waals surface area contributed by atoms with Crippen LogP contribution < -0.4 is 16.4 Å². The highest BCUT2D eigenvalue weighted by Crippen LogP contribution is 2.42. The Morgan fingerprint density at radius 3 is 2.35 bits per heavy atom. The van der Waals surface area contributed by atoms with Crippen LogP contribution in [-0.2, 0) is 22.3 Å². The van der Waals surface area contributed by atoms with E-state index < -0.39 is 28.8 Å². The van der Waals surface area contributed by atoms with E-state index >= 15 is 0 Å². The van der Waals surface area contributed by atoms with E-state index in [1.807, 2.05) is 26.0 Å². The average molecular weight is 653 g/mol. The third-order valence-electron chi connectivity index (χ3n) is 8.16. The third kappa shape index (κ3) is 5.99. The lowest BCUT2D eigenvalue weighted by Gasteiger charge is -2.39. The Morgan fingerprint density at radius 2 is 1.74 bits per heavy atom. The van der Waals surface area contributed by atoms with Gasteiger partial charge in [0, 0.05) is 43.7 Å². The lowest BCUT2D eigenvalue weighted by Crippen LogP contribution is -2.52. The third-order valence-corrected chi connectivity index (χ3v) is 8.47. The molecule has 240 valence electrons. The highest BCUT2D eigenvalue weighted by atomic mass is 35.5. The molecule has 0 atom stereocenters. The number of benzene rings is 3. The predicted octanol–water partition coefficient (Wildman–Crippen LogP) is 6.53. The molecule has 2 amide bonds. The number of rotatable bonds is 7. The van der Waals surface area contributed by atoms with Gasteiger partial charge in [-0.3, -0.25) is 23.7 Å². The van der Waals surface area contributed by atoms with Crippen molar-refractivity contribution in [1.29, 1.82) is 0 Å². The molecule has 1 aliphatic rings. The summed E-state index contributed by atoms with van der Waals surface area (Å²) in [7, 11) is 0. The number of halogens is 4. The molecule has 1 aliphatic heterocycles. The minimum absolute atomic E-state index is 0.0434. The van der Waals surface area contributed by atoms with E-state index in [0.717, 1.165) is 17.7 Å². The zero-order valence-electron chi connectivity index (χ0n) is 25.7. The monoisotopic (exact) mass is 652 g/mol. The highest BCUT2D eigenvalue weighted by Gasteiger charge is 2.35. The van der Waals surface area contributed by atoms with Crippen molar-refractivity contribution in [2.45, 2.75) is 46.3 Å². The number of aryl methyl sites for hydroxylation is 1. The molecule has 1 aromatic heterocycles. The zero-order valence-corrected chi connectivity index (χ0v) is 26.4. The van der Waals surface area contributed by atoms with Crippen LogP contribution in [0.4, 0.5) is 18.9 Å². The summed E-state index contributed by atoms with van der Waals surface area (Å²) in [5.74, 6) is -0.951. The Morgan fingerprint density at radius 1 is 1.04 bits per heavy atom. The largest absolute Gasteiger partial charge is 0.417 e. The number of aromatic nitrogens is 2. The van der Waals surface area contributed by atoms with Gasteiger partial charge in [-0.05, 0) is 65.9 Å². The van der Waals surface area contributed by atoms with Gasteiger partial charge in [0.1, 0.15) is 0 Å². The van der Waals surface area contributed by atoms with Crippen molar-refractivity contribution < 1.29 is 22.8 Å². The number of likely N-dealkylation sites (tertiary alicyclic amines) is 1. The SMILES string of the molecule is C=CC(=O)N1CC(Cn2c(=O)c(=O)n(-c3c(C)cccc3C(C)C)c3cc(-c4cc(NC(C)=O)ccc4C(F)(F)F)c(Cl)cc32)C1. The number of nitrogens with zero attached hydrogens (tertiary/aromatic N) is 3. The molecule has 4 aromatic rings. The van der Waals surface area contributed by atoms with Crippen LogP contribution in [0.5, 0.6) is 0 Å². The molecule has 0 spiro atoms. The van der Waals surface area contributed by atoms with Gasteiger partial charge in [-0.1, -0.05) is 50.2 Å². The van der Waals surface area contributed by atoms with Crippen LogP contribution >= 0.6 is 11.6 Å². The van der Waals surface area contributed by atoms with Crippen LogP contribution in [-0.4, -0.2) is 38.9 Å². The summed E-state index contributed by atoms with van der Waals surface area (Å²) in [6, 6.07) is 11.4. The molecule has 5 rings (SSSR count). The van der Waals surface area contributed by atoms with Gasteiger partial charge in [-0.2, -0.15) is 13.2 Å². The van der Waals surface area contributed by atoms with Gasteiger partial charge in [-0.25, -0.2) is 0 Å². The van der Waals surface area contributed by atoms with Gasteiger partial charge >= 0.3 is 17.3 Å². The van der Waals surface area contributed by atoms with Crippen molar-refractivity contribution in [1.82, 2.24) is 14.0 Å². The molecular weight excluding hydrogens is 621 g/mol. The first-order chi connectivity index (χ1) is 21.6. The second-order valence-electron chi connectivity index (χ2n) is 11.8. The Hall–Kier alpha value is -4.64. The summed E-state index contributed by atoms with van der Waals surface area (Å²) in [6.07, 6.45) is -3.58. The first kappa shape index (κ1) is 32.7. The number of hydrogen-bond donors (Lipinski definition) is 1. The minimum Gasteiger partial charge on any atom is -0.338 e. The summed E-state index contributed by atoms with van der Waals surface area (Å²) in [5.41, 5.74) is -0.601. The van der Waals surface area contributed by atoms with Crippen molar-refractivity contribution in [2.24, 2.45) is 5.92 Å². The Balaban J connectivity index is 1.85. The molecule has 0 aliphatic carbocycles. The number of para-hydroxylation sites is 1. The molecule has 0 bridgehead atoms. The van der Waals surface area contributed by atoms with E-state index in [-0.39, 0.29) is 57.2 Å². The van der Waals surface area contributed by atoms with Crippen molar-refractivity contribution >= 4 is 40.1 Å². The van der Waals surface area contributed by atoms with Crippen LogP contribution in [0.3, 0.4) is 0 Å². The predicted molar refractivity (Wildman–Crippen MR) is 173 cm³/mol. The summed E-state index contributed by atoms with van der Waals surface area (Å²) in [5, 5.41) is 2.41. The van der Waals surface area contributed by atoms with Crippen LogP contribution in [0.15, 0.2) is 70.8 Å². The topological polar surface area (TPSA) is 93.4 Å². The fourth-order valence-electron chi connectivity index (χ4n) is 5.99. The number of hydrogen-bond acceptors (Lipinski definition) is 4. The number of fused-ring (bicyclic) bond motifs is 1. The average Bonchev–Trinajstić information content (AvgIpc) is 2.95. The number of carbonyl (C=O) groups is 2. The van der Waals surface area contributed by atoms with Gasteiger partial charge in [0.15, 0.2) is 0 Å². The molecule has 0 radical (unpaired) electrons. The van der Waals surface area contributed by atoms with Gasteiger partial charge in [0.05, 0.1) is 27.3 Å². The molecule has 0 unspecified atom stereocenters. The second-order valence-corrected chi connectivity index (χ2v) is 12.2. The molecule has 12 heteroatoms. The van der Waals surface area contributed by atoms with E-state index in [9.17, 15) is 32.3 Å². The van der Waals surface area contributed by atoms with Gasteiger partial charge in [-0.15, -0.1) is 0 Å². The Labute approximate surface area is 267 Å². The maximum atomic E-state index is 14.3. The Bertz CT molecular complexity index is 2020. The normalized spacial score (nSPS) is 13.6. The second kappa shape index (κ2) is 12.3. The molecule has 46 heavy (non-hydrogen) atoms. The highest BCUT2D eigenvalue weighted by molar-refractivity contribution is 6.34. The van der Waals surface area contributed by atoms with Crippen molar-refractivity contribution in [3.8, 4) is 16.8 Å². The molecule has 2 heterocycles. The molecular formula is C34H32ClF3N4O4. The van der Waals surface area contributed by atoms with Crippen LogP contribution in [0.25, 0.3) is 27.8 Å². The van der Waals surface area contributed by atoms with Crippen molar-refractivity contribution in [2.75, 3.05) is 18.4 Å². The quantitative estimate of drug-likeness (QED) is 0.182. The molecule has 3 aromatic carbocycles. The maximum absolute atomic E-state index is 14.3. The van der Waals surface area contributed by atoms with Crippen molar-refractivity contribution in [3.05, 3.63) is 104 Å². The van der Waals surface area contributed by atoms with Crippen molar-refractivity contribution in [3.63, 3.8) is 0 Å². The number of amides is 2. The first-order valence-corrected chi connectivity index (χ1v) is 15.0. The first-order valence-electron chi connectivity index (χ1n) is 14.6. The summed E-state index contributed by atoms with van der Waals surface area (Å²) in [6.45, 7) is 11.2. The van der Waals surface area contributed by atoms with E-state index in [1.165, 1.54) is 40.3 Å². The number of anilines is 1. The Kier molecular flexibility index (Phi) is 8.74. The molecule has 8 nitrogen and oxygen atoms in total. The van der Waals surface area contributed by atoms with E-state index in [1.54, 1.807) is 17.9 Å². The molecule has 1 saturated heterocycles. The van der Waals surface area contributed by atoms with E-state index in [0.29, 0.717) is 24.3 Å². The minimum atomic E-state index is -4.78. The van der Waals surface area contributed by atoms with E-state index in [2.05, 4.69) is 11.9 Å². The fourth-order valence-corrected chi connectivity index (χ4v) is 6.25. The fraction of sp³-hybridized carbons (Fsp3) is 0.294. The standard InChI is InChI=1S/C34H32ClF3N4O4/c1-6-30(44)40-15-21(16-40)17-41-28-14-27(35)25(24-12-22(39-20(5)43)10-11-26(24)34(36,37)38)13-29(28)42(33(46)32(41)45)31-19(4)8-7-9-23(31)18(2)3/h6-14,18,21H,1,15-17H2,2-5H3,(H,39,43). The van der Waals surface area contributed by atoms with Crippen LogP contribution in [0.1, 0.15) is 43.4 Å². The maximum Gasteiger partial charge on any atom is 0.417 e. The number of nitrogens with one attached hydrogen (secondary N) is 1. The molecule has 0 saturated carbocycles. The summed E-state index contributed by atoms with van der Waals surface area (Å²) in [4.78, 5) is 53.2. The number of alkyl halides is 3. The zero-order chi connectivity index (χ0) is 33.7. The number of carbonyl (C=O) groups excluding carboxylic acids is 2. The van der Waals surface area contributed by atoms with Gasteiger partial charge in [0.25, 0.3) is 0 Å². The van der Waals surface area contributed by atoms with E-state index in [4.69, 9.17) is 11.6 Å². The summed E-state index contributed by atoms with van der Waals surface area (Å²) >= 11 is 6.74. The van der Waals surface area contributed by atoms with Gasteiger partial charge in [0.2, 0.25) is 11.8 Å². The smallest absolute Gasteiger partial charge is 0.338 e. The van der Waals surface area contributed by atoms with Crippen LogP contribution in [0, 0.1) is 12.8 Å². The lowest BCUT2D eigenvalue weighted by atomic mass is 9.96. The molecule has 1 N–H and O–H groups in total. The van der Waals surface area contributed by atoms with Crippen LogP contribution in [0.2, 0.25) is 5.02 Å². The lowest BCUT2D eigenvalue weighted by molar-refractivity contribution is -0.137. The summed E-state index contributed by atoms with van der Waals surface area (Å²) < 4.78 is 45.5. The van der Waals surface area contributed by atoms with Gasteiger partial charge < -0.3 is 14.8 Å². The molecule has 1 fully saturated rings.